The molecule has 1 aliphatic heterocycles. The Morgan fingerprint density at radius 2 is 1.58 bits per heavy atom. The normalized spacial score (nSPS) is 16.0. The molecule has 0 saturated heterocycles. The van der Waals surface area contributed by atoms with E-state index < -0.39 is 27.7 Å². The molecule has 0 bridgehead atoms. The summed E-state index contributed by atoms with van der Waals surface area (Å²) in [6, 6.07) is 8.02. The van der Waals surface area contributed by atoms with Crippen LogP contribution < -0.4 is 0 Å². The molecule has 1 atom stereocenters. The number of sulfonamides is 1. The summed E-state index contributed by atoms with van der Waals surface area (Å²) in [5, 5.41) is 10.3. The summed E-state index contributed by atoms with van der Waals surface area (Å²) >= 11 is 0. The molecule has 2 aromatic carbocycles. The molecule has 1 heterocycles. The summed E-state index contributed by atoms with van der Waals surface area (Å²) < 4.78 is 34.2. The molecule has 198 valence electrons. The Balaban J connectivity index is 2.27. The van der Waals surface area contributed by atoms with E-state index in [2.05, 4.69) is 0 Å². The molecule has 0 aliphatic carbocycles. The zero-order valence-corrected chi connectivity index (χ0v) is 24.0. The predicted molar refractivity (Wildman–Crippen MR) is 145 cm³/mol. The minimum absolute atomic E-state index is 0.0801. The van der Waals surface area contributed by atoms with Gasteiger partial charge in [0.1, 0.15) is 0 Å². The lowest BCUT2D eigenvalue weighted by Crippen LogP contribution is -2.41. The Kier molecular flexibility index (Phi) is 7.81. The number of hydrogen-bond donors (Lipinski definition) is 1. The average molecular weight is 516 g/mol. The van der Waals surface area contributed by atoms with Crippen molar-refractivity contribution in [1.82, 2.24) is 4.31 Å². The van der Waals surface area contributed by atoms with Gasteiger partial charge in [-0.3, -0.25) is 0 Å². The van der Waals surface area contributed by atoms with Crippen molar-refractivity contribution in [2.24, 2.45) is 5.41 Å². The van der Waals surface area contributed by atoms with E-state index in [4.69, 9.17) is 4.74 Å². The molecule has 1 N–H and O–H groups in total. The highest BCUT2D eigenvalue weighted by molar-refractivity contribution is 7.89. The summed E-state index contributed by atoms with van der Waals surface area (Å²) in [6.45, 7) is 18.0. The van der Waals surface area contributed by atoms with Crippen molar-refractivity contribution in [2.75, 3.05) is 12.3 Å². The van der Waals surface area contributed by atoms with E-state index in [-0.39, 0.29) is 17.7 Å². The van der Waals surface area contributed by atoms with Crippen LogP contribution in [0.2, 0.25) is 0 Å². The number of ether oxygens (including phenoxy) is 1. The summed E-state index contributed by atoms with van der Waals surface area (Å²) in [6.07, 6.45) is -0.609. The van der Waals surface area contributed by atoms with E-state index >= 15 is 0 Å². The number of fused-ring (bicyclic) bond motifs is 1. The number of aliphatic carboxylic acids is 1. The zero-order valence-electron chi connectivity index (χ0n) is 23.2. The largest absolute Gasteiger partial charge is 0.479 e. The van der Waals surface area contributed by atoms with Crippen LogP contribution in [0.4, 0.5) is 0 Å². The van der Waals surface area contributed by atoms with Gasteiger partial charge in [-0.1, -0.05) is 50.6 Å². The molecule has 6 nitrogen and oxygen atoms in total. The highest BCUT2D eigenvalue weighted by atomic mass is 32.2. The minimum atomic E-state index is -3.45. The second-order valence-electron chi connectivity index (χ2n) is 12.2. The van der Waals surface area contributed by atoms with Crippen LogP contribution >= 0.6 is 0 Å². The topological polar surface area (TPSA) is 83.9 Å². The van der Waals surface area contributed by atoms with Crippen molar-refractivity contribution in [3.63, 3.8) is 0 Å². The molecule has 0 fully saturated rings. The van der Waals surface area contributed by atoms with Gasteiger partial charge in [0.15, 0.2) is 6.10 Å². The number of hydrogen-bond acceptors (Lipinski definition) is 4. The van der Waals surface area contributed by atoms with E-state index in [0.717, 1.165) is 38.9 Å². The van der Waals surface area contributed by atoms with Gasteiger partial charge in [0.25, 0.3) is 0 Å². The van der Waals surface area contributed by atoms with Crippen LogP contribution in [-0.2, 0) is 32.5 Å². The van der Waals surface area contributed by atoms with Crippen LogP contribution in [0, 0.1) is 26.2 Å². The number of nitrogens with zero attached hydrogens (tertiary/aromatic N) is 1. The second-order valence-corrected chi connectivity index (χ2v) is 14.2. The van der Waals surface area contributed by atoms with Gasteiger partial charge in [-0.25, -0.2) is 13.2 Å². The Morgan fingerprint density at radius 3 is 2.08 bits per heavy atom. The molecule has 36 heavy (non-hydrogen) atoms. The SMILES string of the molecule is Cc1ccc(-c2c(C)c3c(c(C)c2C(OC(C)(C)C)C(=O)O)CCN(S(=O)(=O)CC(C)(C)C)C3)cc1. The maximum atomic E-state index is 13.2. The van der Waals surface area contributed by atoms with Crippen LogP contribution in [0.15, 0.2) is 24.3 Å². The van der Waals surface area contributed by atoms with E-state index in [1.807, 2.05) is 86.6 Å². The van der Waals surface area contributed by atoms with Crippen LogP contribution in [0.3, 0.4) is 0 Å². The van der Waals surface area contributed by atoms with Crippen LogP contribution in [0.5, 0.6) is 0 Å². The fraction of sp³-hybridized carbons (Fsp3) is 0.552. The third-order valence-corrected chi connectivity index (χ3v) is 8.90. The first kappa shape index (κ1) is 28.4. The molecule has 1 unspecified atom stereocenters. The second kappa shape index (κ2) is 9.92. The summed E-state index contributed by atoms with van der Waals surface area (Å²) in [7, 11) is -3.45. The average Bonchev–Trinajstić information content (AvgIpc) is 2.72. The van der Waals surface area contributed by atoms with Crippen molar-refractivity contribution in [3.8, 4) is 11.1 Å². The molecular formula is C29H41NO5S. The molecule has 2 aromatic rings. The van der Waals surface area contributed by atoms with Crippen LogP contribution in [0.25, 0.3) is 11.1 Å². The Labute approximate surface area is 216 Å². The lowest BCUT2D eigenvalue weighted by molar-refractivity contribution is -0.160. The number of carboxylic acids is 1. The quantitative estimate of drug-likeness (QED) is 0.514. The summed E-state index contributed by atoms with van der Waals surface area (Å²) in [4.78, 5) is 12.6. The number of rotatable bonds is 6. The van der Waals surface area contributed by atoms with Crippen LogP contribution in [0.1, 0.15) is 81.0 Å². The molecular weight excluding hydrogens is 474 g/mol. The van der Waals surface area contributed by atoms with Crippen molar-refractivity contribution < 1.29 is 23.1 Å². The highest BCUT2D eigenvalue weighted by Crippen LogP contribution is 2.43. The monoisotopic (exact) mass is 515 g/mol. The minimum Gasteiger partial charge on any atom is -0.479 e. The fourth-order valence-corrected chi connectivity index (χ4v) is 7.05. The third kappa shape index (κ3) is 6.18. The maximum Gasteiger partial charge on any atom is 0.337 e. The molecule has 7 heteroatoms. The molecule has 0 radical (unpaired) electrons. The van der Waals surface area contributed by atoms with Crippen molar-refractivity contribution in [3.05, 3.63) is 57.6 Å². The van der Waals surface area contributed by atoms with Gasteiger partial charge in [-0.2, -0.15) is 4.31 Å². The van der Waals surface area contributed by atoms with E-state index in [1.54, 1.807) is 4.31 Å². The third-order valence-electron chi connectivity index (χ3n) is 6.57. The molecule has 0 spiro atoms. The van der Waals surface area contributed by atoms with Gasteiger partial charge in [0, 0.05) is 18.7 Å². The highest BCUT2D eigenvalue weighted by Gasteiger charge is 2.37. The first-order valence-corrected chi connectivity index (χ1v) is 14.1. The van der Waals surface area contributed by atoms with E-state index in [0.29, 0.717) is 18.5 Å². The molecule has 0 saturated carbocycles. The van der Waals surface area contributed by atoms with Gasteiger partial charge in [-0.15, -0.1) is 0 Å². The van der Waals surface area contributed by atoms with Gasteiger partial charge in [0.05, 0.1) is 11.4 Å². The van der Waals surface area contributed by atoms with Crippen molar-refractivity contribution in [2.45, 2.75) is 87.0 Å². The zero-order chi connectivity index (χ0) is 27.2. The van der Waals surface area contributed by atoms with Crippen LogP contribution in [-0.4, -0.2) is 41.7 Å². The lowest BCUT2D eigenvalue weighted by Gasteiger charge is -2.35. The first-order chi connectivity index (χ1) is 16.4. The fourth-order valence-electron chi connectivity index (χ4n) is 5.08. The van der Waals surface area contributed by atoms with Gasteiger partial charge in [0.2, 0.25) is 10.0 Å². The van der Waals surface area contributed by atoms with Gasteiger partial charge in [-0.05, 0) is 86.8 Å². The number of aryl methyl sites for hydroxylation is 1. The molecule has 3 rings (SSSR count). The van der Waals surface area contributed by atoms with Crippen molar-refractivity contribution in [1.29, 1.82) is 0 Å². The van der Waals surface area contributed by atoms with Gasteiger partial charge >= 0.3 is 5.97 Å². The number of benzene rings is 2. The summed E-state index contributed by atoms with van der Waals surface area (Å²) in [5.74, 6) is -0.956. The predicted octanol–water partition coefficient (Wildman–Crippen LogP) is 5.95. The number of carbonyl (C=O) groups is 1. The maximum absolute atomic E-state index is 13.2. The smallest absolute Gasteiger partial charge is 0.337 e. The first-order valence-electron chi connectivity index (χ1n) is 12.5. The van der Waals surface area contributed by atoms with E-state index in [9.17, 15) is 18.3 Å². The van der Waals surface area contributed by atoms with Gasteiger partial charge < -0.3 is 9.84 Å². The molecule has 0 amide bonds. The standard InChI is InChI=1S/C29H41NO5S/c1-18-10-12-21(13-11-18)24-20(3)23-16-30(36(33,34)17-28(4,5)6)15-14-22(23)19(2)25(24)26(27(31)32)35-29(7,8)9/h10-13,26H,14-17H2,1-9H3,(H,31,32). The van der Waals surface area contributed by atoms with Crippen molar-refractivity contribution >= 4 is 16.0 Å². The van der Waals surface area contributed by atoms with E-state index in [1.165, 1.54) is 0 Å². The summed E-state index contributed by atoms with van der Waals surface area (Å²) in [5.41, 5.74) is 6.25. The lowest BCUT2D eigenvalue weighted by atomic mass is 9.80. The number of carboxylic acid groups (broad SMARTS) is 1. The Hall–Kier alpha value is -2.22. The Bertz CT molecular complexity index is 1250. The molecule has 0 aromatic heterocycles. The Morgan fingerprint density at radius 1 is 1.00 bits per heavy atom. The molecule has 1 aliphatic rings.